The first-order valence-electron chi connectivity index (χ1n) is 6.81. The highest BCUT2D eigenvalue weighted by molar-refractivity contribution is 6.19. The van der Waals surface area contributed by atoms with Crippen molar-refractivity contribution in [1.29, 1.82) is 0 Å². The van der Waals surface area contributed by atoms with Crippen molar-refractivity contribution < 1.29 is 4.74 Å². The molecule has 1 saturated heterocycles. The Morgan fingerprint density at radius 3 is 2.85 bits per heavy atom. The maximum Gasteiger partial charge on any atom is 0.138 e. The summed E-state index contributed by atoms with van der Waals surface area (Å²) in [6.45, 7) is 6.11. The van der Waals surface area contributed by atoms with Crippen molar-refractivity contribution in [3.63, 3.8) is 0 Å². The van der Waals surface area contributed by atoms with Crippen LogP contribution in [0.1, 0.15) is 5.56 Å². The van der Waals surface area contributed by atoms with Crippen LogP contribution in [0.25, 0.3) is 0 Å². The van der Waals surface area contributed by atoms with Gasteiger partial charge in [-0.05, 0) is 13.1 Å². The van der Waals surface area contributed by atoms with E-state index >= 15 is 0 Å². The summed E-state index contributed by atoms with van der Waals surface area (Å²) < 4.78 is 5.74. The van der Waals surface area contributed by atoms with Crippen molar-refractivity contribution >= 4 is 11.6 Å². The van der Waals surface area contributed by atoms with Crippen LogP contribution in [0.3, 0.4) is 0 Å². The van der Waals surface area contributed by atoms with Crippen molar-refractivity contribution in [1.82, 2.24) is 14.8 Å². The van der Waals surface area contributed by atoms with Crippen molar-refractivity contribution in [3.8, 4) is 17.6 Å². The number of pyridine rings is 1. The van der Waals surface area contributed by atoms with Gasteiger partial charge in [-0.2, -0.15) is 0 Å². The summed E-state index contributed by atoms with van der Waals surface area (Å²) in [6, 6.07) is 1.90. The Balaban J connectivity index is 1.76. The third kappa shape index (κ3) is 5.01. The van der Waals surface area contributed by atoms with E-state index in [1.807, 2.05) is 6.07 Å². The zero-order valence-corrected chi connectivity index (χ0v) is 12.6. The van der Waals surface area contributed by atoms with Crippen LogP contribution < -0.4 is 4.74 Å². The number of ether oxygens (including phenoxy) is 1. The Morgan fingerprint density at radius 1 is 1.30 bits per heavy atom. The lowest BCUT2D eigenvalue weighted by Crippen LogP contribution is -2.45. The molecular weight excluding hydrogens is 274 g/mol. The first kappa shape index (κ1) is 15.1. The van der Waals surface area contributed by atoms with Gasteiger partial charge in [0.25, 0.3) is 0 Å². The highest BCUT2D eigenvalue weighted by atomic mass is 35.5. The molecule has 0 amide bonds. The predicted octanol–water partition coefficient (Wildman–Crippen LogP) is 1.30. The molecule has 0 bridgehead atoms. The number of piperazine rings is 1. The van der Waals surface area contributed by atoms with Crippen LogP contribution in [0.5, 0.6) is 5.75 Å². The summed E-state index contributed by atoms with van der Waals surface area (Å²) in [5.74, 6) is 6.84. The van der Waals surface area contributed by atoms with Gasteiger partial charge in [-0.25, -0.2) is 0 Å². The largest absolute Gasteiger partial charge is 0.491 e. The monoisotopic (exact) mass is 293 g/mol. The fourth-order valence-corrected chi connectivity index (χ4v) is 2.13. The van der Waals surface area contributed by atoms with Crippen molar-refractivity contribution in [2.45, 2.75) is 0 Å². The molecule has 0 spiro atoms. The van der Waals surface area contributed by atoms with Gasteiger partial charge in [0, 0.05) is 44.5 Å². The molecule has 0 radical (unpaired) electrons. The zero-order valence-electron chi connectivity index (χ0n) is 11.8. The molecule has 1 fully saturated rings. The van der Waals surface area contributed by atoms with Crippen LogP contribution in [0.2, 0.25) is 0 Å². The summed E-state index contributed by atoms with van der Waals surface area (Å²) >= 11 is 5.54. The van der Waals surface area contributed by atoms with Crippen LogP contribution in [-0.4, -0.2) is 67.0 Å². The van der Waals surface area contributed by atoms with E-state index in [0.717, 1.165) is 44.0 Å². The SMILES string of the molecule is CN1CCN(CCOc2cncc(C#CCCl)c2)CC1. The molecule has 0 aliphatic carbocycles. The molecule has 0 saturated carbocycles. The molecular formula is C15H20ClN3O. The van der Waals surface area contributed by atoms with E-state index in [4.69, 9.17) is 16.3 Å². The van der Waals surface area contributed by atoms with E-state index in [2.05, 4.69) is 33.7 Å². The third-order valence-corrected chi connectivity index (χ3v) is 3.42. The van der Waals surface area contributed by atoms with Gasteiger partial charge in [0.15, 0.2) is 0 Å². The minimum atomic E-state index is 0.328. The Labute approximate surface area is 125 Å². The summed E-state index contributed by atoms with van der Waals surface area (Å²) in [5.41, 5.74) is 0.836. The first-order valence-corrected chi connectivity index (χ1v) is 7.35. The van der Waals surface area contributed by atoms with E-state index in [1.165, 1.54) is 0 Å². The smallest absolute Gasteiger partial charge is 0.138 e. The van der Waals surface area contributed by atoms with Gasteiger partial charge in [0.1, 0.15) is 12.4 Å². The number of likely N-dealkylation sites (N-methyl/N-ethyl adjacent to an activating group) is 1. The van der Waals surface area contributed by atoms with Crippen LogP contribution in [-0.2, 0) is 0 Å². The van der Waals surface area contributed by atoms with Crippen molar-refractivity contribution in [2.24, 2.45) is 0 Å². The van der Waals surface area contributed by atoms with Gasteiger partial charge in [-0.1, -0.05) is 11.8 Å². The molecule has 1 aliphatic rings. The first-order chi connectivity index (χ1) is 9.78. The van der Waals surface area contributed by atoms with Crippen molar-refractivity contribution in [3.05, 3.63) is 24.0 Å². The summed E-state index contributed by atoms with van der Waals surface area (Å²) in [5, 5.41) is 0. The molecule has 0 atom stereocenters. The van der Waals surface area contributed by atoms with Crippen LogP contribution in [0, 0.1) is 11.8 Å². The Morgan fingerprint density at radius 2 is 2.10 bits per heavy atom. The standard InChI is InChI=1S/C15H20ClN3O/c1-18-5-7-19(8-6-18)9-10-20-15-11-14(3-2-4-16)12-17-13-15/h11-13H,4-10H2,1H3. The molecule has 5 heteroatoms. The maximum atomic E-state index is 5.74. The number of rotatable bonds is 4. The van der Waals surface area contributed by atoms with Gasteiger partial charge >= 0.3 is 0 Å². The maximum absolute atomic E-state index is 5.74. The van der Waals surface area contributed by atoms with E-state index in [1.54, 1.807) is 12.4 Å². The fraction of sp³-hybridized carbons (Fsp3) is 0.533. The lowest BCUT2D eigenvalue weighted by Gasteiger charge is -2.32. The Hall–Kier alpha value is -1.28. The normalized spacial score (nSPS) is 16.5. The summed E-state index contributed by atoms with van der Waals surface area (Å²) in [4.78, 5) is 8.89. The molecule has 2 rings (SSSR count). The van der Waals surface area contributed by atoms with Crippen LogP contribution in [0.15, 0.2) is 18.5 Å². The second-order valence-corrected chi connectivity index (χ2v) is 5.11. The molecule has 0 unspecified atom stereocenters. The van der Waals surface area contributed by atoms with Gasteiger partial charge in [0.2, 0.25) is 0 Å². The summed E-state index contributed by atoms with van der Waals surface area (Å²) in [6.07, 6.45) is 3.43. The minimum absolute atomic E-state index is 0.328. The second kappa shape index (κ2) is 8.11. The number of aromatic nitrogens is 1. The highest BCUT2D eigenvalue weighted by Gasteiger charge is 2.13. The predicted molar refractivity (Wildman–Crippen MR) is 81.3 cm³/mol. The molecule has 1 aliphatic heterocycles. The van der Waals surface area contributed by atoms with Gasteiger partial charge in [0.05, 0.1) is 12.1 Å². The van der Waals surface area contributed by atoms with Gasteiger partial charge in [-0.3, -0.25) is 9.88 Å². The molecule has 20 heavy (non-hydrogen) atoms. The molecule has 0 N–H and O–H groups in total. The number of hydrogen-bond acceptors (Lipinski definition) is 4. The quantitative estimate of drug-likeness (QED) is 0.618. The fourth-order valence-electron chi connectivity index (χ4n) is 2.07. The molecule has 1 aromatic rings. The molecule has 108 valence electrons. The topological polar surface area (TPSA) is 28.6 Å². The van der Waals surface area contributed by atoms with Gasteiger partial charge < -0.3 is 9.64 Å². The minimum Gasteiger partial charge on any atom is -0.491 e. The van der Waals surface area contributed by atoms with E-state index < -0.39 is 0 Å². The second-order valence-electron chi connectivity index (χ2n) is 4.84. The summed E-state index contributed by atoms with van der Waals surface area (Å²) in [7, 11) is 2.16. The lowest BCUT2D eigenvalue weighted by atomic mass is 10.3. The molecule has 0 aromatic carbocycles. The van der Waals surface area contributed by atoms with E-state index in [9.17, 15) is 0 Å². The van der Waals surface area contributed by atoms with Crippen LogP contribution >= 0.6 is 11.6 Å². The lowest BCUT2D eigenvalue weighted by molar-refractivity contribution is 0.133. The molecule has 2 heterocycles. The van der Waals surface area contributed by atoms with E-state index in [0.29, 0.717) is 12.5 Å². The Kier molecular flexibility index (Phi) is 6.13. The number of halogens is 1. The molecule has 1 aromatic heterocycles. The van der Waals surface area contributed by atoms with Crippen molar-refractivity contribution in [2.75, 3.05) is 52.3 Å². The Bertz CT molecular complexity index is 475. The number of alkyl halides is 1. The average molecular weight is 294 g/mol. The highest BCUT2D eigenvalue weighted by Crippen LogP contribution is 2.10. The third-order valence-electron chi connectivity index (χ3n) is 3.28. The zero-order chi connectivity index (χ0) is 14.2. The average Bonchev–Trinajstić information content (AvgIpc) is 2.48. The van der Waals surface area contributed by atoms with E-state index in [-0.39, 0.29) is 0 Å². The molecule has 4 nitrogen and oxygen atoms in total. The number of nitrogens with zero attached hydrogens (tertiary/aromatic N) is 3. The number of hydrogen-bond donors (Lipinski definition) is 0. The van der Waals surface area contributed by atoms with Crippen LogP contribution in [0.4, 0.5) is 0 Å². The van der Waals surface area contributed by atoms with Gasteiger partial charge in [-0.15, -0.1) is 11.6 Å².